The van der Waals surface area contributed by atoms with Gasteiger partial charge in [-0.3, -0.25) is 0 Å². The molecule has 0 bridgehead atoms. The van der Waals surface area contributed by atoms with Gasteiger partial charge in [-0.05, 0) is 11.6 Å². The quantitative estimate of drug-likeness (QED) is 0.920. The average Bonchev–Trinajstić information content (AvgIpc) is 2.43. The third-order valence-corrected chi connectivity index (χ3v) is 3.00. The van der Waals surface area contributed by atoms with Gasteiger partial charge in [-0.25, -0.2) is 8.78 Å². The molecule has 19 heavy (non-hydrogen) atoms. The Hall–Kier alpha value is -1.78. The Morgan fingerprint density at radius 3 is 2.37 bits per heavy atom. The molecular weight excluding hydrogens is 250 g/mol. The molecule has 1 N–H and O–H groups in total. The molecule has 2 rings (SSSR count). The van der Waals surface area contributed by atoms with E-state index in [1.54, 1.807) is 30.3 Å². The second kappa shape index (κ2) is 5.47. The first kappa shape index (κ1) is 13.6. The monoisotopic (exact) mass is 264 g/mol. The zero-order chi connectivity index (χ0) is 13.9. The van der Waals surface area contributed by atoms with Crippen molar-refractivity contribution in [1.29, 1.82) is 0 Å². The summed E-state index contributed by atoms with van der Waals surface area (Å²) in [5, 5.41) is 10.7. The van der Waals surface area contributed by atoms with Crippen molar-refractivity contribution in [1.82, 2.24) is 0 Å². The van der Waals surface area contributed by atoms with Crippen LogP contribution in [-0.2, 0) is 10.3 Å². The summed E-state index contributed by atoms with van der Waals surface area (Å²) >= 11 is 0. The first-order valence-corrected chi connectivity index (χ1v) is 5.81. The van der Waals surface area contributed by atoms with Crippen LogP contribution in [0.25, 0.3) is 0 Å². The lowest BCUT2D eigenvalue weighted by atomic mass is 9.86. The number of ether oxygens (including phenoxy) is 1. The van der Waals surface area contributed by atoms with Crippen LogP contribution in [0, 0.1) is 11.6 Å². The van der Waals surface area contributed by atoms with Gasteiger partial charge < -0.3 is 9.84 Å². The van der Waals surface area contributed by atoms with Crippen molar-refractivity contribution in [2.75, 3.05) is 13.7 Å². The zero-order valence-electron chi connectivity index (χ0n) is 10.4. The highest BCUT2D eigenvalue weighted by molar-refractivity contribution is 5.37. The van der Waals surface area contributed by atoms with E-state index in [1.807, 2.05) is 0 Å². The van der Waals surface area contributed by atoms with Crippen molar-refractivity contribution in [3.05, 3.63) is 71.3 Å². The minimum atomic E-state index is -1.72. The van der Waals surface area contributed by atoms with Gasteiger partial charge in [-0.2, -0.15) is 0 Å². The SMILES string of the molecule is COCC(O)(c1ccccc1)c1cccc(F)c1F. The third-order valence-electron chi connectivity index (χ3n) is 3.00. The zero-order valence-corrected chi connectivity index (χ0v) is 10.4. The van der Waals surface area contributed by atoms with Crippen molar-refractivity contribution in [3.8, 4) is 0 Å². The fourth-order valence-electron chi connectivity index (χ4n) is 2.06. The fourth-order valence-corrected chi connectivity index (χ4v) is 2.06. The predicted octanol–water partition coefficient (Wildman–Crippen LogP) is 2.85. The minimum Gasteiger partial charge on any atom is -0.381 e. The number of methoxy groups -OCH3 is 1. The fraction of sp³-hybridized carbons (Fsp3) is 0.200. The Balaban J connectivity index is 2.60. The summed E-state index contributed by atoms with van der Waals surface area (Å²) in [6, 6.07) is 12.2. The molecule has 0 aliphatic rings. The first-order valence-electron chi connectivity index (χ1n) is 5.81. The Morgan fingerprint density at radius 1 is 1.05 bits per heavy atom. The van der Waals surface area contributed by atoms with Crippen LogP contribution in [0.3, 0.4) is 0 Å². The van der Waals surface area contributed by atoms with E-state index in [4.69, 9.17) is 4.74 Å². The molecule has 2 aromatic carbocycles. The topological polar surface area (TPSA) is 29.5 Å². The molecular formula is C15H14F2O2. The van der Waals surface area contributed by atoms with Crippen molar-refractivity contribution in [2.24, 2.45) is 0 Å². The molecule has 2 nitrogen and oxygen atoms in total. The van der Waals surface area contributed by atoms with E-state index in [0.29, 0.717) is 5.56 Å². The summed E-state index contributed by atoms with van der Waals surface area (Å²) in [5.74, 6) is -2.06. The van der Waals surface area contributed by atoms with Crippen LogP contribution in [-0.4, -0.2) is 18.8 Å². The van der Waals surface area contributed by atoms with Crippen molar-refractivity contribution >= 4 is 0 Å². The molecule has 0 aromatic heterocycles. The highest BCUT2D eigenvalue weighted by atomic mass is 19.2. The highest BCUT2D eigenvalue weighted by Gasteiger charge is 2.35. The predicted molar refractivity (Wildman–Crippen MR) is 67.7 cm³/mol. The van der Waals surface area contributed by atoms with Gasteiger partial charge in [0.2, 0.25) is 0 Å². The molecule has 0 fully saturated rings. The second-order valence-corrected chi connectivity index (χ2v) is 4.26. The molecule has 1 unspecified atom stereocenters. The minimum absolute atomic E-state index is 0.138. The van der Waals surface area contributed by atoms with Gasteiger partial charge in [0.05, 0.1) is 6.61 Å². The normalized spacial score (nSPS) is 14.1. The lowest BCUT2D eigenvalue weighted by Gasteiger charge is -2.28. The van der Waals surface area contributed by atoms with Gasteiger partial charge in [-0.15, -0.1) is 0 Å². The maximum Gasteiger partial charge on any atom is 0.165 e. The third kappa shape index (κ3) is 2.50. The van der Waals surface area contributed by atoms with Crippen molar-refractivity contribution in [2.45, 2.75) is 5.60 Å². The molecule has 0 aliphatic heterocycles. The Kier molecular flexibility index (Phi) is 3.93. The average molecular weight is 264 g/mol. The van der Waals surface area contributed by atoms with Crippen LogP contribution in [0.15, 0.2) is 48.5 Å². The van der Waals surface area contributed by atoms with Gasteiger partial charge in [0, 0.05) is 12.7 Å². The summed E-state index contributed by atoms with van der Waals surface area (Å²) in [7, 11) is 1.39. The molecule has 0 heterocycles. The molecule has 0 saturated heterocycles. The highest BCUT2D eigenvalue weighted by Crippen LogP contribution is 2.32. The van der Waals surface area contributed by atoms with Crippen LogP contribution in [0.5, 0.6) is 0 Å². The van der Waals surface area contributed by atoms with Gasteiger partial charge in [-0.1, -0.05) is 42.5 Å². The van der Waals surface area contributed by atoms with Crippen molar-refractivity contribution in [3.63, 3.8) is 0 Å². The van der Waals surface area contributed by atoms with Crippen LogP contribution in [0.1, 0.15) is 11.1 Å². The largest absolute Gasteiger partial charge is 0.381 e. The Morgan fingerprint density at radius 2 is 1.74 bits per heavy atom. The molecule has 0 aliphatic carbocycles. The lowest BCUT2D eigenvalue weighted by molar-refractivity contribution is -0.00611. The van der Waals surface area contributed by atoms with Crippen LogP contribution in [0.2, 0.25) is 0 Å². The summed E-state index contributed by atoms with van der Waals surface area (Å²) in [6.45, 7) is -0.169. The van der Waals surface area contributed by atoms with E-state index < -0.39 is 17.2 Å². The van der Waals surface area contributed by atoms with Gasteiger partial charge in [0.15, 0.2) is 11.6 Å². The number of halogens is 2. The summed E-state index contributed by atoms with van der Waals surface area (Å²) < 4.78 is 32.2. The number of hydrogen-bond donors (Lipinski definition) is 1. The van der Waals surface area contributed by atoms with E-state index in [0.717, 1.165) is 6.07 Å². The van der Waals surface area contributed by atoms with E-state index >= 15 is 0 Å². The molecule has 0 saturated carbocycles. The lowest BCUT2D eigenvalue weighted by Crippen LogP contribution is -2.34. The van der Waals surface area contributed by atoms with E-state index in [9.17, 15) is 13.9 Å². The molecule has 0 radical (unpaired) electrons. The molecule has 100 valence electrons. The summed E-state index contributed by atoms with van der Waals surface area (Å²) in [6.07, 6.45) is 0. The molecule has 1 atom stereocenters. The maximum atomic E-state index is 13.9. The van der Waals surface area contributed by atoms with E-state index in [1.165, 1.54) is 19.2 Å². The standard InChI is InChI=1S/C15H14F2O2/c1-19-10-15(18,11-6-3-2-4-7-11)12-8-5-9-13(16)14(12)17/h2-9,18H,10H2,1H3. The van der Waals surface area contributed by atoms with Crippen LogP contribution >= 0.6 is 0 Å². The van der Waals surface area contributed by atoms with Crippen LogP contribution < -0.4 is 0 Å². The van der Waals surface area contributed by atoms with E-state index in [-0.39, 0.29) is 12.2 Å². The van der Waals surface area contributed by atoms with Gasteiger partial charge >= 0.3 is 0 Å². The maximum absolute atomic E-state index is 13.9. The Labute approximate surface area is 110 Å². The second-order valence-electron chi connectivity index (χ2n) is 4.26. The number of hydrogen-bond acceptors (Lipinski definition) is 2. The summed E-state index contributed by atoms with van der Waals surface area (Å²) in [5.41, 5.74) is -1.41. The summed E-state index contributed by atoms with van der Waals surface area (Å²) in [4.78, 5) is 0. The van der Waals surface area contributed by atoms with Gasteiger partial charge in [0.25, 0.3) is 0 Å². The number of rotatable bonds is 4. The Bertz CT molecular complexity index is 557. The molecule has 0 spiro atoms. The molecule has 4 heteroatoms. The van der Waals surface area contributed by atoms with Crippen molar-refractivity contribution < 1.29 is 18.6 Å². The smallest absolute Gasteiger partial charge is 0.165 e. The van der Waals surface area contributed by atoms with Crippen LogP contribution in [0.4, 0.5) is 8.78 Å². The first-order chi connectivity index (χ1) is 9.09. The number of aliphatic hydroxyl groups is 1. The molecule has 2 aromatic rings. The number of benzene rings is 2. The van der Waals surface area contributed by atoms with E-state index in [2.05, 4.69) is 0 Å². The van der Waals surface area contributed by atoms with Gasteiger partial charge in [0.1, 0.15) is 5.60 Å². The molecule has 0 amide bonds.